The van der Waals surface area contributed by atoms with E-state index in [9.17, 15) is 24.0 Å². The standard InChI is InChI=1S/C36H46N6O8/c37-30(18-10-20-39-34(45)48-24-27-12-4-1-5-13-27)32(43)42-31(19-11-21-40-35(46)49-25-28-14-6-2-7-15-28)33(44)38-22-23-41-36(47)50-26-29-16-8-3-9-17-29/h1-9,12-17,30-31H,10-11,18-26,37H2,(H,38,44)(H,39,45)(H,40,46)(H,41,47)(H,42,43)/t30-,31-/m0/s1. The molecule has 0 aliphatic carbocycles. The zero-order valence-corrected chi connectivity index (χ0v) is 27.9. The molecule has 14 nitrogen and oxygen atoms in total. The van der Waals surface area contributed by atoms with Gasteiger partial charge in [0.15, 0.2) is 0 Å². The number of ether oxygens (including phenoxy) is 3. The molecule has 14 heteroatoms. The third-order valence-electron chi connectivity index (χ3n) is 7.20. The lowest BCUT2D eigenvalue weighted by Crippen LogP contribution is -2.52. The van der Waals surface area contributed by atoms with Gasteiger partial charge in [-0.25, -0.2) is 14.4 Å². The molecule has 2 atom stereocenters. The molecule has 0 spiro atoms. The number of alkyl carbamates (subject to hydrolysis) is 3. The third-order valence-corrected chi connectivity index (χ3v) is 7.20. The van der Waals surface area contributed by atoms with E-state index >= 15 is 0 Å². The number of nitrogens with one attached hydrogen (secondary N) is 5. The minimum atomic E-state index is -0.966. The number of nitrogens with two attached hydrogens (primary N) is 1. The maximum Gasteiger partial charge on any atom is 0.407 e. The Morgan fingerprint density at radius 3 is 1.32 bits per heavy atom. The minimum Gasteiger partial charge on any atom is -0.445 e. The van der Waals surface area contributed by atoms with Gasteiger partial charge in [0.2, 0.25) is 11.8 Å². The predicted octanol–water partition coefficient (Wildman–Crippen LogP) is 3.25. The van der Waals surface area contributed by atoms with Gasteiger partial charge in [-0.2, -0.15) is 0 Å². The number of rotatable bonds is 20. The molecule has 5 amide bonds. The molecule has 268 valence electrons. The fraction of sp³-hybridized carbons (Fsp3) is 0.361. The molecule has 0 saturated carbocycles. The van der Waals surface area contributed by atoms with Crippen LogP contribution in [0.3, 0.4) is 0 Å². The van der Waals surface area contributed by atoms with Crippen LogP contribution in [0.25, 0.3) is 0 Å². The highest BCUT2D eigenvalue weighted by molar-refractivity contribution is 5.89. The summed E-state index contributed by atoms with van der Waals surface area (Å²) in [7, 11) is 0. The Morgan fingerprint density at radius 2 is 0.880 bits per heavy atom. The van der Waals surface area contributed by atoms with Crippen LogP contribution in [-0.2, 0) is 43.6 Å². The summed E-state index contributed by atoms with van der Waals surface area (Å²) in [6.45, 7) is 0.963. The molecule has 3 aromatic rings. The van der Waals surface area contributed by atoms with E-state index in [1.165, 1.54) is 0 Å². The maximum absolute atomic E-state index is 13.1. The number of amides is 5. The van der Waals surface area contributed by atoms with E-state index in [1.54, 1.807) is 0 Å². The van der Waals surface area contributed by atoms with E-state index in [-0.39, 0.29) is 58.8 Å². The Hall–Kier alpha value is -5.63. The van der Waals surface area contributed by atoms with Crippen molar-refractivity contribution >= 4 is 30.1 Å². The lowest BCUT2D eigenvalue weighted by atomic mass is 10.1. The van der Waals surface area contributed by atoms with Gasteiger partial charge in [-0.05, 0) is 42.4 Å². The van der Waals surface area contributed by atoms with Crippen molar-refractivity contribution in [3.05, 3.63) is 108 Å². The first kappa shape index (κ1) is 38.8. The molecule has 0 unspecified atom stereocenters. The van der Waals surface area contributed by atoms with Crippen LogP contribution in [0.2, 0.25) is 0 Å². The first-order valence-electron chi connectivity index (χ1n) is 16.5. The molecule has 3 rings (SSSR count). The van der Waals surface area contributed by atoms with Gasteiger partial charge in [0.25, 0.3) is 0 Å². The van der Waals surface area contributed by atoms with Gasteiger partial charge in [-0.15, -0.1) is 0 Å². The topological polar surface area (TPSA) is 199 Å². The van der Waals surface area contributed by atoms with Crippen LogP contribution >= 0.6 is 0 Å². The normalized spacial score (nSPS) is 11.6. The van der Waals surface area contributed by atoms with E-state index in [1.807, 2.05) is 91.0 Å². The lowest BCUT2D eigenvalue weighted by Gasteiger charge is -2.21. The number of carbonyl (C=O) groups excluding carboxylic acids is 5. The Kier molecular flexibility index (Phi) is 17.7. The van der Waals surface area contributed by atoms with E-state index in [2.05, 4.69) is 26.6 Å². The summed E-state index contributed by atoms with van der Waals surface area (Å²) < 4.78 is 15.5. The summed E-state index contributed by atoms with van der Waals surface area (Å²) in [4.78, 5) is 62.1. The van der Waals surface area contributed by atoms with Gasteiger partial charge in [-0.1, -0.05) is 91.0 Å². The predicted molar refractivity (Wildman–Crippen MR) is 185 cm³/mol. The highest BCUT2D eigenvalue weighted by Gasteiger charge is 2.23. The van der Waals surface area contributed by atoms with Crippen molar-refractivity contribution in [3.63, 3.8) is 0 Å². The van der Waals surface area contributed by atoms with Crippen LogP contribution in [0.5, 0.6) is 0 Å². The SMILES string of the molecule is N[C@@H](CCCNC(=O)OCc1ccccc1)C(=O)N[C@@H](CCCNC(=O)OCc1ccccc1)C(=O)NCCNC(=O)OCc1ccccc1. The molecular formula is C36H46N6O8. The molecule has 0 saturated heterocycles. The van der Waals surface area contributed by atoms with Gasteiger partial charge >= 0.3 is 18.3 Å². The van der Waals surface area contributed by atoms with Crippen LogP contribution in [0, 0.1) is 0 Å². The van der Waals surface area contributed by atoms with Gasteiger partial charge in [-0.3, -0.25) is 9.59 Å². The minimum absolute atomic E-state index is 0.0772. The van der Waals surface area contributed by atoms with Crippen molar-refractivity contribution in [1.29, 1.82) is 0 Å². The van der Waals surface area contributed by atoms with Crippen LogP contribution < -0.4 is 32.3 Å². The average molecular weight is 691 g/mol. The molecule has 50 heavy (non-hydrogen) atoms. The summed E-state index contributed by atoms with van der Waals surface area (Å²) >= 11 is 0. The van der Waals surface area contributed by atoms with Gasteiger partial charge in [0.1, 0.15) is 25.9 Å². The van der Waals surface area contributed by atoms with Crippen molar-refractivity contribution in [2.45, 2.75) is 57.6 Å². The second kappa shape index (κ2) is 22.9. The largest absolute Gasteiger partial charge is 0.445 e. The second-order valence-corrected chi connectivity index (χ2v) is 11.2. The molecule has 0 radical (unpaired) electrons. The summed E-state index contributed by atoms with van der Waals surface area (Å²) in [5.41, 5.74) is 8.63. The smallest absolute Gasteiger partial charge is 0.407 e. The molecular weight excluding hydrogens is 644 g/mol. The Balaban J connectivity index is 1.39. The van der Waals surface area contributed by atoms with Crippen LogP contribution in [0.4, 0.5) is 14.4 Å². The number of carbonyl (C=O) groups is 5. The first-order valence-corrected chi connectivity index (χ1v) is 16.5. The summed E-state index contributed by atoms with van der Waals surface area (Å²) in [5.74, 6) is -1.03. The number of hydrogen-bond donors (Lipinski definition) is 6. The van der Waals surface area contributed by atoms with Crippen LogP contribution in [-0.4, -0.2) is 68.4 Å². The van der Waals surface area contributed by atoms with Crippen molar-refractivity contribution in [1.82, 2.24) is 26.6 Å². The fourth-order valence-corrected chi connectivity index (χ4v) is 4.48. The number of hydrogen-bond acceptors (Lipinski definition) is 9. The van der Waals surface area contributed by atoms with Gasteiger partial charge in [0.05, 0.1) is 6.04 Å². The zero-order valence-electron chi connectivity index (χ0n) is 27.9. The van der Waals surface area contributed by atoms with Crippen molar-refractivity contribution in [2.75, 3.05) is 26.2 Å². The maximum atomic E-state index is 13.1. The lowest BCUT2D eigenvalue weighted by molar-refractivity contribution is -0.129. The summed E-state index contributed by atoms with van der Waals surface area (Å²) in [6, 6.07) is 25.8. The molecule has 0 aromatic heterocycles. The molecule has 0 bridgehead atoms. The average Bonchev–Trinajstić information content (AvgIpc) is 3.14. The summed E-state index contributed by atoms with van der Waals surface area (Å²) in [5, 5.41) is 13.2. The molecule has 7 N–H and O–H groups in total. The Bertz CT molecular complexity index is 1460. The van der Waals surface area contributed by atoms with Crippen LogP contribution in [0.15, 0.2) is 91.0 Å². The zero-order chi connectivity index (χ0) is 35.8. The van der Waals surface area contributed by atoms with Crippen LogP contribution in [0.1, 0.15) is 42.4 Å². The highest BCUT2D eigenvalue weighted by Crippen LogP contribution is 2.04. The van der Waals surface area contributed by atoms with Crippen molar-refractivity contribution in [2.24, 2.45) is 5.73 Å². The molecule has 0 heterocycles. The van der Waals surface area contributed by atoms with E-state index in [0.29, 0.717) is 12.8 Å². The first-order chi connectivity index (χ1) is 24.3. The van der Waals surface area contributed by atoms with Crippen molar-refractivity contribution in [3.8, 4) is 0 Å². The number of benzene rings is 3. The van der Waals surface area contributed by atoms with E-state index in [0.717, 1.165) is 16.7 Å². The van der Waals surface area contributed by atoms with Gasteiger partial charge in [0, 0.05) is 26.2 Å². The van der Waals surface area contributed by atoms with Gasteiger partial charge < -0.3 is 46.5 Å². The Labute approximate surface area is 291 Å². The second-order valence-electron chi connectivity index (χ2n) is 11.2. The molecule has 3 aromatic carbocycles. The monoisotopic (exact) mass is 690 g/mol. The molecule has 0 aliphatic heterocycles. The fourth-order valence-electron chi connectivity index (χ4n) is 4.48. The molecule has 0 aliphatic rings. The van der Waals surface area contributed by atoms with E-state index in [4.69, 9.17) is 19.9 Å². The van der Waals surface area contributed by atoms with Crippen molar-refractivity contribution < 1.29 is 38.2 Å². The Morgan fingerprint density at radius 1 is 0.500 bits per heavy atom. The summed E-state index contributed by atoms with van der Waals surface area (Å²) in [6.07, 6.45) is -0.667. The molecule has 0 fully saturated rings. The van der Waals surface area contributed by atoms with E-state index < -0.39 is 42.2 Å². The highest BCUT2D eigenvalue weighted by atomic mass is 16.6. The third kappa shape index (κ3) is 16.5. The quantitative estimate of drug-likeness (QED) is 0.0761.